The molecule has 1 saturated heterocycles. The average Bonchev–Trinajstić information content (AvgIpc) is 2.85. The molecule has 2 aromatic heterocycles. The van der Waals surface area contributed by atoms with E-state index in [1.807, 2.05) is 6.92 Å². The summed E-state index contributed by atoms with van der Waals surface area (Å²) in [5, 5.41) is 0. The molecule has 0 saturated carbocycles. The fourth-order valence-electron chi connectivity index (χ4n) is 2.90. The highest BCUT2D eigenvalue weighted by molar-refractivity contribution is 6.30. The number of aromatic nitrogens is 4. The maximum Gasteiger partial charge on any atom is 0.320 e. The second-order valence-corrected chi connectivity index (χ2v) is 5.94. The van der Waals surface area contributed by atoms with Gasteiger partial charge in [0.1, 0.15) is 11.7 Å². The van der Waals surface area contributed by atoms with Gasteiger partial charge in [-0.15, -0.1) is 0 Å². The van der Waals surface area contributed by atoms with E-state index in [4.69, 9.17) is 23.1 Å². The number of fused-ring (bicyclic) bond motifs is 1. The number of hydrogen-bond donors (Lipinski definition) is 1. The Bertz CT molecular complexity index is 684. The highest BCUT2D eigenvalue weighted by atomic mass is 16.5. The zero-order valence-corrected chi connectivity index (χ0v) is 13.7. The minimum atomic E-state index is -0.163. The van der Waals surface area contributed by atoms with Crippen molar-refractivity contribution in [1.82, 2.24) is 19.5 Å². The van der Waals surface area contributed by atoms with Crippen LogP contribution in [0, 0.1) is 0 Å². The number of nitrogens with two attached hydrogens (primary N) is 1. The summed E-state index contributed by atoms with van der Waals surface area (Å²) in [6, 6.07) is 0.257. The van der Waals surface area contributed by atoms with Gasteiger partial charge < -0.3 is 15.2 Å². The van der Waals surface area contributed by atoms with E-state index >= 15 is 0 Å². The number of nitrogen functional groups attached to an aromatic ring is 1. The summed E-state index contributed by atoms with van der Waals surface area (Å²) in [6.45, 7) is 4.80. The van der Waals surface area contributed by atoms with Crippen molar-refractivity contribution in [3.05, 3.63) is 0 Å². The quantitative estimate of drug-likeness (QED) is 0.841. The number of nitrogens with zero attached hydrogens (tertiary/aromatic N) is 4. The summed E-state index contributed by atoms with van der Waals surface area (Å²) < 4.78 is 13.4. The fraction of sp³-hybridized carbons (Fsp3) is 0.667. The first-order valence-corrected chi connectivity index (χ1v) is 8.19. The Balaban J connectivity index is 1.99. The second-order valence-electron chi connectivity index (χ2n) is 5.94. The molecule has 2 aromatic rings. The Morgan fingerprint density at radius 2 is 2.22 bits per heavy atom. The van der Waals surface area contributed by atoms with Crippen molar-refractivity contribution < 1.29 is 9.47 Å². The van der Waals surface area contributed by atoms with Gasteiger partial charge >= 0.3 is 6.01 Å². The number of ether oxygens (including phenoxy) is 2. The van der Waals surface area contributed by atoms with Crippen molar-refractivity contribution in [3.8, 4) is 6.01 Å². The van der Waals surface area contributed by atoms with Crippen LogP contribution in [0.15, 0.2) is 0 Å². The topological polar surface area (TPSA) is 88.1 Å². The van der Waals surface area contributed by atoms with Crippen molar-refractivity contribution in [3.63, 3.8) is 0 Å². The molecule has 8 heteroatoms. The van der Waals surface area contributed by atoms with Crippen molar-refractivity contribution >= 4 is 30.6 Å². The number of imidazole rings is 1. The van der Waals surface area contributed by atoms with Crippen LogP contribution >= 0.6 is 0 Å². The van der Waals surface area contributed by atoms with Gasteiger partial charge in [0.2, 0.25) is 0 Å². The molecular formula is C15H22BN5O2. The highest BCUT2D eigenvalue weighted by Gasteiger charge is 2.23. The molecular weight excluding hydrogens is 293 g/mol. The predicted octanol–water partition coefficient (Wildman–Crippen LogP) is 1.47. The minimum Gasteiger partial charge on any atom is -0.460 e. The molecule has 2 atom stereocenters. The van der Waals surface area contributed by atoms with E-state index in [0.717, 1.165) is 32.1 Å². The molecule has 122 valence electrons. The van der Waals surface area contributed by atoms with E-state index < -0.39 is 0 Å². The summed E-state index contributed by atoms with van der Waals surface area (Å²) in [5.74, 6) is 0.273. The van der Waals surface area contributed by atoms with Gasteiger partial charge in [-0.2, -0.15) is 9.97 Å². The Kier molecular flexibility index (Phi) is 4.70. The fourth-order valence-corrected chi connectivity index (χ4v) is 2.90. The van der Waals surface area contributed by atoms with E-state index in [1.54, 1.807) is 4.57 Å². The lowest BCUT2D eigenvalue weighted by Gasteiger charge is -2.25. The molecule has 0 aliphatic carbocycles. The van der Waals surface area contributed by atoms with Crippen LogP contribution in [0.4, 0.5) is 5.82 Å². The molecule has 7 nitrogen and oxygen atoms in total. The molecule has 0 spiro atoms. The number of hydrogen-bond acceptors (Lipinski definition) is 6. The molecule has 0 aromatic carbocycles. The lowest BCUT2D eigenvalue weighted by atomic mass is 10.1. The van der Waals surface area contributed by atoms with Gasteiger partial charge in [0.05, 0.1) is 11.8 Å². The third-order valence-corrected chi connectivity index (χ3v) is 4.02. The first-order valence-electron chi connectivity index (χ1n) is 8.19. The molecule has 2 radical (unpaired) electrons. The van der Waals surface area contributed by atoms with Crippen LogP contribution in [0.3, 0.4) is 0 Å². The maximum atomic E-state index is 6.06. The van der Waals surface area contributed by atoms with Gasteiger partial charge in [0, 0.05) is 6.61 Å². The van der Waals surface area contributed by atoms with Crippen molar-refractivity contribution in [2.45, 2.75) is 58.3 Å². The van der Waals surface area contributed by atoms with Gasteiger partial charge in [0.25, 0.3) is 0 Å². The monoisotopic (exact) mass is 315 g/mol. The largest absolute Gasteiger partial charge is 0.460 e. The van der Waals surface area contributed by atoms with Crippen molar-refractivity contribution in [1.29, 1.82) is 0 Å². The van der Waals surface area contributed by atoms with Crippen LogP contribution in [-0.2, 0) is 4.74 Å². The molecule has 0 bridgehead atoms. The second kappa shape index (κ2) is 6.74. The molecule has 3 heterocycles. The smallest absolute Gasteiger partial charge is 0.320 e. The molecule has 2 N–H and O–H groups in total. The Morgan fingerprint density at radius 3 is 2.91 bits per heavy atom. The average molecular weight is 315 g/mol. The van der Waals surface area contributed by atoms with Crippen LogP contribution in [0.5, 0.6) is 6.01 Å². The van der Waals surface area contributed by atoms with Gasteiger partial charge in [-0.05, 0) is 32.6 Å². The number of rotatable bonds is 5. The van der Waals surface area contributed by atoms with Crippen LogP contribution < -0.4 is 16.2 Å². The van der Waals surface area contributed by atoms with Crippen molar-refractivity contribution in [2.75, 3.05) is 12.3 Å². The molecule has 1 unspecified atom stereocenters. The minimum absolute atomic E-state index is 0.0245. The van der Waals surface area contributed by atoms with Gasteiger partial charge in [-0.1, -0.05) is 13.3 Å². The van der Waals surface area contributed by atoms with E-state index in [2.05, 4.69) is 21.9 Å². The summed E-state index contributed by atoms with van der Waals surface area (Å²) in [6.07, 6.45) is 4.83. The third-order valence-electron chi connectivity index (χ3n) is 4.02. The SMILES string of the molecule is [B]c1nc2c(N)nc(O[C@@H](C)CCC)nc2n1C1CCCCO1. The van der Waals surface area contributed by atoms with Gasteiger partial charge in [-0.3, -0.25) is 4.57 Å². The summed E-state index contributed by atoms with van der Waals surface area (Å²) >= 11 is 0. The standard InChI is InChI=1S/C15H22BN5O2/c1-3-6-9(2)23-15-19-12(17)11-13(20-15)21(14(16)18-11)10-7-4-5-8-22-10/h9-10H,3-8H2,1-2H3,(H2,17,19,20)/t9-,10?/m0/s1. The van der Waals surface area contributed by atoms with Gasteiger partial charge in [0.15, 0.2) is 19.3 Å². The van der Waals surface area contributed by atoms with Crippen LogP contribution in [0.2, 0.25) is 0 Å². The summed E-state index contributed by atoms with van der Waals surface area (Å²) in [7, 11) is 6.06. The van der Waals surface area contributed by atoms with Crippen LogP contribution in [0.25, 0.3) is 11.2 Å². The zero-order valence-electron chi connectivity index (χ0n) is 13.7. The van der Waals surface area contributed by atoms with Gasteiger partial charge in [-0.25, -0.2) is 4.98 Å². The van der Waals surface area contributed by atoms with Crippen LogP contribution in [0.1, 0.15) is 52.2 Å². The predicted molar refractivity (Wildman–Crippen MR) is 89.0 cm³/mol. The normalized spacial score (nSPS) is 19.8. The van der Waals surface area contributed by atoms with Crippen LogP contribution in [-0.4, -0.2) is 40.1 Å². The van der Waals surface area contributed by atoms with E-state index in [9.17, 15) is 0 Å². The molecule has 3 rings (SSSR count). The first-order chi connectivity index (χ1) is 11.1. The van der Waals surface area contributed by atoms with E-state index in [-0.39, 0.29) is 24.2 Å². The van der Waals surface area contributed by atoms with E-state index in [0.29, 0.717) is 23.5 Å². The Morgan fingerprint density at radius 1 is 1.39 bits per heavy atom. The maximum absolute atomic E-state index is 6.06. The Labute approximate surface area is 137 Å². The lowest BCUT2D eigenvalue weighted by molar-refractivity contribution is -0.0280. The summed E-state index contributed by atoms with van der Waals surface area (Å²) in [4.78, 5) is 13.0. The molecule has 23 heavy (non-hydrogen) atoms. The summed E-state index contributed by atoms with van der Waals surface area (Å²) in [5.41, 5.74) is 7.42. The van der Waals surface area contributed by atoms with Crippen molar-refractivity contribution in [2.24, 2.45) is 0 Å². The molecule has 0 amide bonds. The third kappa shape index (κ3) is 3.27. The zero-order chi connectivity index (χ0) is 16.4. The highest BCUT2D eigenvalue weighted by Crippen LogP contribution is 2.27. The molecule has 1 aliphatic rings. The molecule has 1 aliphatic heterocycles. The number of anilines is 1. The first kappa shape index (κ1) is 16.0. The molecule has 1 fully saturated rings. The Hall–Kier alpha value is -1.83. The van der Waals surface area contributed by atoms with E-state index in [1.165, 1.54) is 0 Å². The lowest BCUT2D eigenvalue weighted by Crippen LogP contribution is -2.28.